The van der Waals surface area contributed by atoms with Gasteiger partial charge in [-0.05, 0) is 74.0 Å². The molecule has 2 aromatic carbocycles. The number of para-hydroxylation sites is 1. The van der Waals surface area contributed by atoms with Gasteiger partial charge in [-0.3, -0.25) is 4.90 Å². The first kappa shape index (κ1) is 20.8. The van der Waals surface area contributed by atoms with E-state index in [9.17, 15) is 4.79 Å². The third-order valence-corrected chi connectivity index (χ3v) is 6.84. The number of aryl methyl sites for hydroxylation is 1. The molecule has 1 aromatic heterocycles. The van der Waals surface area contributed by atoms with Crippen molar-refractivity contribution in [2.24, 2.45) is 11.8 Å². The maximum atomic E-state index is 12.7. The predicted molar refractivity (Wildman–Crippen MR) is 124 cm³/mol. The van der Waals surface area contributed by atoms with Crippen LogP contribution in [-0.2, 0) is 6.54 Å². The second kappa shape index (κ2) is 8.79. The highest BCUT2D eigenvalue weighted by molar-refractivity contribution is 5.76. The molecule has 1 unspecified atom stereocenters. The van der Waals surface area contributed by atoms with Gasteiger partial charge in [-0.25, -0.2) is 4.79 Å². The van der Waals surface area contributed by atoms with Gasteiger partial charge in [0, 0.05) is 31.9 Å². The van der Waals surface area contributed by atoms with Crippen molar-refractivity contribution in [3.8, 4) is 11.5 Å². The Morgan fingerprint density at radius 2 is 1.78 bits per heavy atom. The van der Waals surface area contributed by atoms with Crippen molar-refractivity contribution in [3.05, 3.63) is 78.1 Å². The quantitative estimate of drug-likeness (QED) is 0.584. The lowest BCUT2D eigenvalue weighted by atomic mass is 10.0. The normalized spacial score (nSPS) is 22.3. The first-order valence-corrected chi connectivity index (χ1v) is 11.4. The van der Waals surface area contributed by atoms with Crippen LogP contribution in [0, 0.1) is 18.8 Å². The smallest absolute Gasteiger partial charge is 0.344 e. The Kier molecular flexibility index (Phi) is 5.70. The number of hydrogen-bond donors (Lipinski definition) is 0. The molecular weight excluding hydrogens is 400 g/mol. The lowest BCUT2D eigenvalue weighted by Crippen LogP contribution is -2.36. The first-order valence-electron chi connectivity index (χ1n) is 11.4. The van der Waals surface area contributed by atoms with Crippen molar-refractivity contribution >= 4 is 6.03 Å². The highest BCUT2D eigenvalue weighted by atomic mass is 16.5. The number of benzene rings is 2. The minimum atomic E-state index is 0.00707. The van der Waals surface area contributed by atoms with Crippen LogP contribution in [0.1, 0.15) is 24.0 Å². The second-order valence-electron chi connectivity index (χ2n) is 9.27. The van der Waals surface area contributed by atoms with Crippen molar-refractivity contribution < 1.29 is 9.53 Å². The summed E-state index contributed by atoms with van der Waals surface area (Å²) in [5.74, 6) is 2.88. The lowest BCUT2D eigenvalue weighted by Gasteiger charge is -2.26. The molecule has 2 aliphatic rings. The van der Waals surface area contributed by atoms with Gasteiger partial charge >= 0.3 is 6.03 Å². The summed E-state index contributed by atoms with van der Waals surface area (Å²) < 4.78 is 7.47. The number of carbonyl (C=O) groups excluding carboxylic acids is 1. The zero-order valence-corrected chi connectivity index (χ0v) is 18.7. The van der Waals surface area contributed by atoms with Crippen LogP contribution in [0.3, 0.4) is 0 Å². The molecule has 32 heavy (non-hydrogen) atoms. The van der Waals surface area contributed by atoms with E-state index in [4.69, 9.17) is 4.74 Å². The molecule has 6 heteroatoms. The van der Waals surface area contributed by atoms with Gasteiger partial charge in [0.05, 0.1) is 6.20 Å². The van der Waals surface area contributed by atoms with Gasteiger partial charge in [0.25, 0.3) is 0 Å². The van der Waals surface area contributed by atoms with Crippen molar-refractivity contribution in [2.45, 2.75) is 32.4 Å². The van der Waals surface area contributed by atoms with Crippen LogP contribution in [-0.4, -0.2) is 51.8 Å². The van der Waals surface area contributed by atoms with Gasteiger partial charge < -0.3 is 9.64 Å². The van der Waals surface area contributed by atoms with Crippen LogP contribution in [0.2, 0.25) is 0 Å². The highest BCUT2D eigenvalue weighted by Gasteiger charge is 2.43. The molecule has 1 aliphatic heterocycles. The number of nitrogens with zero attached hydrogens (tertiary/aromatic N) is 4. The highest BCUT2D eigenvalue weighted by Crippen LogP contribution is 2.40. The van der Waals surface area contributed by atoms with Crippen LogP contribution in [0.25, 0.3) is 0 Å². The van der Waals surface area contributed by atoms with Gasteiger partial charge in [0.2, 0.25) is 0 Å². The number of likely N-dealkylation sites (tertiary alicyclic amines) is 1. The summed E-state index contributed by atoms with van der Waals surface area (Å²) in [5.41, 5.74) is 2.27. The zero-order valence-electron chi connectivity index (χ0n) is 18.7. The Morgan fingerprint density at radius 3 is 2.47 bits per heavy atom. The molecule has 0 bridgehead atoms. The van der Waals surface area contributed by atoms with Crippen LogP contribution >= 0.6 is 0 Å². The van der Waals surface area contributed by atoms with Gasteiger partial charge in [-0.15, -0.1) is 0 Å². The van der Waals surface area contributed by atoms with E-state index in [0.717, 1.165) is 49.5 Å². The van der Waals surface area contributed by atoms with Crippen LogP contribution in [0.5, 0.6) is 11.5 Å². The molecule has 1 saturated carbocycles. The molecule has 3 atom stereocenters. The zero-order chi connectivity index (χ0) is 22.1. The second-order valence-corrected chi connectivity index (χ2v) is 9.27. The summed E-state index contributed by atoms with van der Waals surface area (Å²) in [6.07, 6.45) is 5.83. The molecule has 0 radical (unpaired) electrons. The van der Waals surface area contributed by atoms with Crippen molar-refractivity contribution in [1.29, 1.82) is 0 Å². The largest absolute Gasteiger partial charge is 0.457 e. The van der Waals surface area contributed by atoms with Crippen LogP contribution in [0.4, 0.5) is 4.79 Å². The molecule has 6 nitrogen and oxygen atoms in total. The number of amides is 1. The summed E-state index contributed by atoms with van der Waals surface area (Å²) in [6, 6.07) is 18.8. The van der Waals surface area contributed by atoms with Gasteiger partial charge in [-0.2, -0.15) is 9.78 Å². The number of carbonyl (C=O) groups is 1. The number of fused-ring (bicyclic) bond motifs is 1. The minimum Gasteiger partial charge on any atom is -0.457 e. The topological polar surface area (TPSA) is 50.6 Å². The molecule has 166 valence electrons. The van der Waals surface area contributed by atoms with E-state index in [1.54, 1.807) is 6.20 Å². The van der Waals surface area contributed by atoms with E-state index < -0.39 is 0 Å². The van der Waals surface area contributed by atoms with Crippen molar-refractivity contribution in [2.75, 3.05) is 20.1 Å². The predicted octanol–water partition coefficient (Wildman–Crippen LogP) is 4.79. The molecule has 1 saturated heterocycles. The number of rotatable bonds is 5. The molecule has 5 rings (SSSR count). The SMILES string of the molecule is Cc1cnn(C(=O)N2C[C@H]3CC(N(C)Cc4cccc(Oc5ccccc5)c4)C[C@H]3C2)c1. The average molecular weight is 431 g/mol. The maximum absolute atomic E-state index is 12.7. The van der Waals surface area contributed by atoms with Crippen molar-refractivity contribution in [1.82, 2.24) is 19.6 Å². The maximum Gasteiger partial charge on any atom is 0.344 e. The molecule has 0 spiro atoms. The first-order chi connectivity index (χ1) is 15.5. The lowest BCUT2D eigenvalue weighted by molar-refractivity contribution is 0.192. The summed E-state index contributed by atoms with van der Waals surface area (Å²) >= 11 is 0. The monoisotopic (exact) mass is 430 g/mol. The Balaban J connectivity index is 1.16. The van der Waals surface area contributed by atoms with Gasteiger partial charge in [0.15, 0.2) is 0 Å². The van der Waals surface area contributed by atoms with Crippen LogP contribution < -0.4 is 4.74 Å². The molecule has 2 fully saturated rings. The fraction of sp³-hybridized carbons (Fsp3) is 0.385. The number of ether oxygens (including phenoxy) is 1. The molecule has 3 aromatic rings. The third kappa shape index (κ3) is 4.41. The van der Waals surface area contributed by atoms with E-state index in [0.29, 0.717) is 17.9 Å². The standard InChI is InChI=1S/C26H30N4O2/c1-19-14-27-30(15-19)26(31)29-17-21-12-23(13-22(21)18-29)28(2)16-20-7-6-10-25(11-20)32-24-8-4-3-5-9-24/h3-11,14-15,21-23H,12-13,16-18H2,1-2H3/t21-,22+,23?. The molecular formula is C26H30N4O2. The number of hydrogen-bond acceptors (Lipinski definition) is 4. The number of aromatic nitrogens is 2. The summed E-state index contributed by atoms with van der Waals surface area (Å²) in [4.78, 5) is 17.2. The van der Waals surface area contributed by atoms with Gasteiger partial charge in [0.1, 0.15) is 11.5 Å². The molecule has 1 aliphatic carbocycles. The Bertz CT molecular complexity index is 1070. The Morgan fingerprint density at radius 1 is 1.06 bits per heavy atom. The van der Waals surface area contributed by atoms with E-state index >= 15 is 0 Å². The summed E-state index contributed by atoms with van der Waals surface area (Å²) in [6.45, 7) is 4.53. The summed E-state index contributed by atoms with van der Waals surface area (Å²) in [7, 11) is 2.21. The fourth-order valence-corrected chi connectivity index (χ4v) is 5.20. The molecule has 0 N–H and O–H groups in total. The Labute approximate surface area is 189 Å². The van der Waals surface area contributed by atoms with Crippen LogP contribution in [0.15, 0.2) is 67.0 Å². The van der Waals surface area contributed by atoms with E-state index in [1.807, 2.05) is 54.4 Å². The summed E-state index contributed by atoms with van der Waals surface area (Å²) in [5, 5.41) is 4.18. The minimum absolute atomic E-state index is 0.00707. The van der Waals surface area contributed by atoms with E-state index in [2.05, 4.69) is 35.2 Å². The average Bonchev–Trinajstić information content (AvgIpc) is 3.49. The van der Waals surface area contributed by atoms with Crippen molar-refractivity contribution in [3.63, 3.8) is 0 Å². The molecule has 2 heterocycles. The molecule has 1 amide bonds. The fourth-order valence-electron chi connectivity index (χ4n) is 5.20. The van der Waals surface area contributed by atoms with E-state index in [-0.39, 0.29) is 6.03 Å². The third-order valence-electron chi connectivity index (χ3n) is 6.84. The van der Waals surface area contributed by atoms with Gasteiger partial charge in [-0.1, -0.05) is 30.3 Å². The Hall–Kier alpha value is -3.12. The van der Waals surface area contributed by atoms with E-state index in [1.165, 1.54) is 10.2 Å².